The number of phenolic OH excluding ortho intramolecular Hbond substituents is 2. The summed E-state index contributed by atoms with van der Waals surface area (Å²) in [5.41, 5.74) is -0.0252. The van der Waals surface area contributed by atoms with Gasteiger partial charge in [-0.1, -0.05) is 0 Å². The molecule has 14 heteroatoms. The highest BCUT2D eigenvalue weighted by molar-refractivity contribution is 5.87. The highest BCUT2D eigenvalue weighted by Gasteiger charge is 2.16. The second-order valence-corrected chi connectivity index (χ2v) is 7.26. The van der Waals surface area contributed by atoms with E-state index in [1.807, 2.05) is 0 Å². The fourth-order valence-electron chi connectivity index (χ4n) is 2.99. The Morgan fingerprint density at radius 1 is 0.778 bits per heavy atom. The molecule has 0 aliphatic rings. The molecule has 0 heterocycles. The van der Waals surface area contributed by atoms with Gasteiger partial charge >= 0.3 is 0 Å². The monoisotopic (exact) mass is 504 g/mol. The number of hydrogen-bond donors (Lipinski definition) is 4. The van der Waals surface area contributed by atoms with Crippen molar-refractivity contribution < 1.29 is 29.5 Å². The van der Waals surface area contributed by atoms with Gasteiger partial charge in [0.1, 0.15) is 0 Å². The SMILES string of the molecule is COc1cc([N+](=O)[O-])cc(C=NCCNCCNCCN=Cc2cc([N+](=O)[O-])cc(OC)c2O)c1O. The van der Waals surface area contributed by atoms with E-state index < -0.39 is 9.85 Å². The zero-order valence-corrected chi connectivity index (χ0v) is 19.8. The number of hydrogen-bond acceptors (Lipinski definition) is 12. The van der Waals surface area contributed by atoms with Crippen LogP contribution in [0.5, 0.6) is 23.0 Å². The van der Waals surface area contributed by atoms with Crippen LogP contribution < -0.4 is 20.1 Å². The fraction of sp³-hybridized carbons (Fsp3) is 0.364. The molecule has 0 radical (unpaired) electrons. The van der Waals surface area contributed by atoms with E-state index in [1.54, 1.807) is 0 Å². The Bertz CT molecular complexity index is 1030. The number of benzene rings is 2. The third-order valence-electron chi connectivity index (χ3n) is 4.81. The summed E-state index contributed by atoms with van der Waals surface area (Å²) in [6.07, 6.45) is 2.72. The molecule has 0 fully saturated rings. The number of nitro groups is 2. The van der Waals surface area contributed by atoms with Gasteiger partial charge in [-0.05, 0) is 0 Å². The average Bonchev–Trinajstić information content (AvgIpc) is 2.86. The molecule has 0 saturated carbocycles. The lowest BCUT2D eigenvalue weighted by molar-refractivity contribution is -0.385. The van der Waals surface area contributed by atoms with E-state index in [0.717, 1.165) is 12.1 Å². The number of nitrogens with one attached hydrogen (secondary N) is 2. The molecule has 194 valence electrons. The second-order valence-electron chi connectivity index (χ2n) is 7.26. The quantitative estimate of drug-likeness (QED) is 0.120. The maximum atomic E-state index is 11.0. The second kappa shape index (κ2) is 14.2. The van der Waals surface area contributed by atoms with Crippen LogP contribution in [0.15, 0.2) is 34.3 Å². The first-order valence-electron chi connectivity index (χ1n) is 10.8. The van der Waals surface area contributed by atoms with Crippen LogP contribution in [0.3, 0.4) is 0 Å². The molecule has 4 N–H and O–H groups in total. The van der Waals surface area contributed by atoms with Gasteiger partial charge in [-0.2, -0.15) is 0 Å². The molecule has 0 amide bonds. The number of nitrogens with zero attached hydrogens (tertiary/aromatic N) is 4. The Morgan fingerprint density at radius 3 is 1.50 bits per heavy atom. The molecule has 0 atom stereocenters. The van der Waals surface area contributed by atoms with E-state index in [0.29, 0.717) is 39.3 Å². The Balaban J connectivity index is 1.68. The number of non-ortho nitro benzene ring substituents is 2. The summed E-state index contributed by atoms with van der Waals surface area (Å²) >= 11 is 0. The fourth-order valence-corrected chi connectivity index (χ4v) is 2.99. The van der Waals surface area contributed by atoms with Crippen LogP contribution in [0.1, 0.15) is 11.1 Å². The maximum Gasteiger partial charge on any atom is 0.274 e. The molecule has 0 aromatic heterocycles. The molecule has 2 aromatic rings. The van der Waals surface area contributed by atoms with Crippen molar-refractivity contribution in [1.82, 2.24) is 10.6 Å². The Kier molecular flexibility index (Phi) is 11.0. The minimum Gasteiger partial charge on any atom is -0.504 e. The largest absolute Gasteiger partial charge is 0.504 e. The minimum absolute atomic E-state index is 0.000735. The zero-order chi connectivity index (χ0) is 26.5. The van der Waals surface area contributed by atoms with Crippen LogP contribution in [0, 0.1) is 20.2 Å². The summed E-state index contributed by atoms with van der Waals surface area (Å²) in [6, 6.07) is 4.72. The number of aliphatic imine (C=N–C) groups is 2. The van der Waals surface area contributed by atoms with Crippen LogP contribution in [0.4, 0.5) is 11.4 Å². The lowest BCUT2D eigenvalue weighted by Crippen LogP contribution is -2.30. The van der Waals surface area contributed by atoms with Gasteiger partial charge in [0, 0.05) is 61.9 Å². The van der Waals surface area contributed by atoms with E-state index in [9.17, 15) is 30.4 Å². The third kappa shape index (κ3) is 8.18. The zero-order valence-electron chi connectivity index (χ0n) is 19.8. The highest BCUT2D eigenvalue weighted by atomic mass is 16.6. The predicted octanol–water partition coefficient (Wildman–Crippen LogP) is 1.65. The molecule has 2 aromatic carbocycles. The molecule has 0 saturated heterocycles. The smallest absolute Gasteiger partial charge is 0.274 e. The molecule has 14 nitrogen and oxygen atoms in total. The standard InChI is InChI=1S/C22H28N6O8/c1-35-19-11-17(27(31)32)9-15(21(19)29)13-25-7-5-23-3-4-24-6-8-26-14-16-10-18(28(33)34)12-20(36-2)22(16)30/h9-14,23-24,29-30H,3-8H2,1-2H3. The number of rotatable bonds is 15. The van der Waals surface area contributed by atoms with Gasteiger partial charge in [-0.25, -0.2) is 0 Å². The van der Waals surface area contributed by atoms with E-state index in [2.05, 4.69) is 20.6 Å². The molecular formula is C22H28N6O8. The van der Waals surface area contributed by atoms with Crippen molar-refractivity contribution in [1.29, 1.82) is 0 Å². The molecule has 0 aliphatic heterocycles. The summed E-state index contributed by atoms with van der Waals surface area (Å²) in [6.45, 7) is 3.19. The normalized spacial score (nSPS) is 11.3. The predicted molar refractivity (Wildman–Crippen MR) is 133 cm³/mol. The summed E-state index contributed by atoms with van der Waals surface area (Å²) in [5, 5.41) is 48.5. The molecular weight excluding hydrogens is 476 g/mol. The average molecular weight is 505 g/mol. The van der Waals surface area contributed by atoms with Crippen LogP contribution in [-0.4, -0.2) is 86.0 Å². The summed E-state index contributed by atoms with van der Waals surface area (Å²) in [7, 11) is 2.62. The molecule has 0 spiro atoms. The molecule has 2 rings (SSSR count). The number of ether oxygens (including phenoxy) is 2. The van der Waals surface area contributed by atoms with E-state index in [-0.39, 0.29) is 45.5 Å². The van der Waals surface area contributed by atoms with Gasteiger partial charge in [0.25, 0.3) is 11.4 Å². The van der Waals surface area contributed by atoms with Crippen molar-refractivity contribution in [2.75, 3.05) is 53.5 Å². The first kappa shape index (κ1) is 27.9. The number of methoxy groups -OCH3 is 2. The first-order valence-corrected chi connectivity index (χ1v) is 10.8. The van der Waals surface area contributed by atoms with E-state index in [1.165, 1.54) is 38.8 Å². The Hall–Kier alpha value is -4.30. The highest BCUT2D eigenvalue weighted by Crippen LogP contribution is 2.34. The van der Waals surface area contributed by atoms with Gasteiger partial charge < -0.3 is 30.3 Å². The topological polar surface area (TPSA) is 194 Å². The lowest BCUT2D eigenvalue weighted by Gasteiger charge is -2.06. The minimum atomic E-state index is -0.575. The van der Waals surface area contributed by atoms with Crippen molar-refractivity contribution in [3.63, 3.8) is 0 Å². The van der Waals surface area contributed by atoms with Crippen LogP contribution in [-0.2, 0) is 0 Å². The Morgan fingerprint density at radius 2 is 1.17 bits per heavy atom. The number of aromatic hydroxyl groups is 2. The van der Waals surface area contributed by atoms with Crippen molar-refractivity contribution in [3.8, 4) is 23.0 Å². The van der Waals surface area contributed by atoms with Gasteiger partial charge in [0.15, 0.2) is 23.0 Å². The first-order chi connectivity index (χ1) is 17.3. The van der Waals surface area contributed by atoms with Crippen LogP contribution >= 0.6 is 0 Å². The van der Waals surface area contributed by atoms with E-state index in [4.69, 9.17) is 9.47 Å². The van der Waals surface area contributed by atoms with Gasteiger partial charge in [-0.3, -0.25) is 30.2 Å². The lowest BCUT2D eigenvalue weighted by atomic mass is 10.1. The Labute approximate surface area is 206 Å². The van der Waals surface area contributed by atoms with Crippen molar-refractivity contribution in [3.05, 3.63) is 55.6 Å². The van der Waals surface area contributed by atoms with E-state index >= 15 is 0 Å². The number of nitro benzene ring substituents is 2. The van der Waals surface area contributed by atoms with Crippen LogP contribution in [0.25, 0.3) is 0 Å². The summed E-state index contributed by atoms with van der Waals surface area (Å²) < 4.78 is 9.90. The maximum absolute atomic E-state index is 11.0. The van der Waals surface area contributed by atoms with Crippen molar-refractivity contribution >= 4 is 23.8 Å². The third-order valence-corrected chi connectivity index (χ3v) is 4.81. The van der Waals surface area contributed by atoms with Crippen molar-refractivity contribution in [2.45, 2.75) is 0 Å². The van der Waals surface area contributed by atoms with Crippen molar-refractivity contribution in [2.24, 2.45) is 9.98 Å². The summed E-state index contributed by atoms with van der Waals surface area (Å²) in [5.74, 6) is -0.431. The summed E-state index contributed by atoms with van der Waals surface area (Å²) in [4.78, 5) is 29.2. The van der Waals surface area contributed by atoms with Gasteiger partial charge in [0.05, 0.1) is 49.3 Å². The molecule has 0 bridgehead atoms. The van der Waals surface area contributed by atoms with Gasteiger partial charge in [-0.15, -0.1) is 0 Å². The molecule has 0 aliphatic carbocycles. The molecule has 0 unspecified atom stereocenters. The van der Waals surface area contributed by atoms with Crippen LogP contribution in [0.2, 0.25) is 0 Å². The molecule has 36 heavy (non-hydrogen) atoms. The number of phenols is 2. The van der Waals surface area contributed by atoms with Gasteiger partial charge in [0.2, 0.25) is 0 Å².